The third-order valence-electron chi connectivity index (χ3n) is 2.08. The predicted octanol–water partition coefficient (Wildman–Crippen LogP) is 1.78. The van der Waals surface area contributed by atoms with Crippen molar-refractivity contribution in [1.82, 2.24) is 0 Å². The summed E-state index contributed by atoms with van der Waals surface area (Å²) in [6.45, 7) is 0.141. The number of ether oxygens (including phenoxy) is 2. The van der Waals surface area contributed by atoms with Crippen molar-refractivity contribution >= 4 is 11.7 Å². The van der Waals surface area contributed by atoms with Crippen molar-refractivity contribution in [2.75, 3.05) is 13.7 Å². The molecule has 94 valence electrons. The monoisotopic (exact) mass is 249 g/mol. The van der Waals surface area contributed by atoms with Crippen molar-refractivity contribution in [3.63, 3.8) is 0 Å². The number of carbonyl (C=O) groups is 1. The molecule has 1 rings (SSSR count). The lowest BCUT2D eigenvalue weighted by Crippen LogP contribution is -2.04. The Kier molecular flexibility index (Phi) is 4.69. The Hall–Kier alpha value is -2.55. The fourth-order valence-electron chi connectivity index (χ4n) is 1.25. The van der Waals surface area contributed by atoms with Gasteiger partial charge in [0.2, 0.25) is 0 Å². The fourth-order valence-corrected chi connectivity index (χ4v) is 1.25. The van der Waals surface area contributed by atoms with E-state index < -0.39 is 10.9 Å². The van der Waals surface area contributed by atoms with Crippen LogP contribution in [-0.4, -0.2) is 24.6 Å². The van der Waals surface area contributed by atoms with E-state index in [0.29, 0.717) is 6.42 Å². The smallest absolute Gasteiger partial charge is 0.337 e. The SMILES string of the molecule is C#CCCOc1cc(C(=O)OC)ccc1[N+](=O)[O-]. The number of nitro benzene ring substituents is 1. The second-order valence-corrected chi connectivity index (χ2v) is 3.23. The van der Waals surface area contributed by atoms with Gasteiger partial charge in [0.05, 0.1) is 24.2 Å². The van der Waals surface area contributed by atoms with E-state index in [1.165, 1.54) is 25.3 Å². The first-order valence-corrected chi connectivity index (χ1v) is 5.03. The Bertz CT molecular complexity index is 504. The molecule has 0 amide bonds. The summed E-state index contributed by atoms with van der Waals surface area (Å²) in [6, 6.07) is 3.76. The fraction of sp³-hybridized carbons (Fsp3) is 0.250. The van der Waals surface area contributed by atoms with Crippen LogP contribution in [0.1, 0.15) is 16.8 Å². The molecule has 0 aromatic heterocycles. The molecule has 0 saturated carbocycles. The summed E-state index contributed by atoms with van der Waals surface area (Å²) in [4.78, 5) is 21.5. The topological polar surface area (TPSA) is 78.7 Å². The van der Waals surface area contributed by atoms with E-state index in [-0.39, 0.29) is 23.6 Å². The average molecular weight is 249 g/mol. The number of benzene rings is 1. The van der Waals surface area contributed by atoms with Crippen molar-refractivity contribution < 1.29 is 19.2 Å². The molecule has 6 heteroatoms. The van der Waals surface area contributed by atoms with Crippen LogP contribution in [0, 0.1) is 22.5 Å². The van der Waals surface area contributed by atoms with Gasteiger partial charge in [-0.25, -0.2) is 4.79 Å². The number of esters is 1. The van der Waals surface area contributed by atoms with E-state index in [9.17, 15) is 14.9 Å². The molecule has 0 unspecified atom stereocenters. The normalized spacial score (nSPS) is 9.33. The summed E-state index contributed by atoms with van der Waals surface area (Å²) < 4.78 is 9.70. The summed E-state index contributed by atoms with van der Waals surface area (Å²) in [5, 5.41) is 10.8. The molecule has 0 aliphatic rings. The number of methoxy groups -OCH3 is 1. The lowest BCUT2D eigenvalue weighted by Gasteiger charge is -2.06. The first-order chi connectivity index (χ1) is 8.60. The highest BCUT2D eigenvalue weighted by Crippen LogP contribution is 2.28. The first-order valence-electron chi connectivity index (χ1n) is 5.03. The van der Waals surface area contributed by atoms with Crippen LogP contribution in [0.4, 0.5) is 5.69 Å². The number of hydrogen-bond donors (Lipinski definition) is 0. The van der Waals surface area contributed by atoms with Gasteiger partial charge in [-0.1, -0.05) is 0 Å². The molecule has 0 aliphatic carbocycles. The second-order valence-electron chi connectivity index (χ2n) is 3.23. The standard InChI is InChI=1S/C12H11NO5/c1-3-4-7-18-11-8-9(12(14)17-2)5-6-10(11)13(15)16/h1,5-6,8H,4,7H2,2H3. The molecular formula is C12H11NO5. The minimum Gasteiger partial charge on any atom is -0.486 e. The van der Waals surface area contributed by atoms with Gasteiger partial charge in [0.25, 0.3) is 0 Å². The second kappa shape index (κ2) is 6.25. The third-order valence-corrected chi connectivity index (χ3v) is 2.08. The zero-order chi connectivity index (χ0) is 13.5. The van der Waals surface area contributed by atoms with Crippen molar-refractivity contribution in [2.45, 2.75) is 6.42 Å². The van der Waals surface area contributed by atoms with Crippen LogP contribution in [-0.2, 0) is 4.74 Å². The van der Waals surface area contributed by atoms with Crippen LogP contribution in [0.5, 0.6) is 5.75 Å². The van der Waals surface area contributed by atoms with Gasteiger partial charge in [0, 0.05) is 18.6 Å². The van der Waals surface area contributed by atoms with Gasteiger partial charge in [0.1, 0.15) is 0 Å². The van der Waals surface area contributed by atoms with Crippen molar-refractivity contribution in [2.24, 2.45) is 0 Å². The Morgan fingerprint density at radius 2 is 2.28 bits per heavy atom. The van der Waals surface area contributed by atoms with E-state index in [1.807, 2.05) is 0 Å². The molecule has 0 bridgehead atoms. The molecular weight excluding hydrogens is 238 g/mol. The quantitative estimate of drug-likeness (QED) is 0.261. The molecule has 0 saturated heterocycles. The largest absolute Gasteiger partial charge is 0.486 e. The Labute approximate surface area is 104 Å². The highest BCUT2D eigenvalue weighted by atomic mass is 16.6. The van der Waals surface area contributed by atoms with Crippen LogP contribution in [0.2, 0.25) is 0 Å². The molecule has 6 nitrogen and oxygen atoms in total. The summed E-state index contributed by atoms with van der Waals surface area (Å²) in [5.41, 5.74) is -0.0431. The highest BCUT2D eigenvalue weighted by molar-refractivity contribution is 5.90. The predicted molar refractivity (Wildman–Crippen MR) is 63.4 cm³/mol. The lowest BCUT2D eigenvalue weighted by molar-refractivity contribution is -0.385. The van der Waals surface area contributed by atoms with Crippen molar-refractivity contribution in [1.29, 1.82) is 0 Å². The number of nitrogens with zero attached hydrogens (tertiary/aromatic N) is 1. The number of nitro groups is 1. The van der Waals surface area contributed by atoms with Crippen molar-refractivity contribution in [3.8, 4) is 18.1 Å². The zero-order valence-corrected chi connectivity index (χ0v) is 9.71. The highest BCUT2D eigenvalue weighted by Gasteiger charge is 2.18. The molecule has 0 spiro atoms. The van der Waals surface area contributed by atoms with Gasteiger partial charge in [-0.05, 0) is 6.07 Å². The van der Waals surface area contributed by atoms with E-state index in [4.69, 9.17) is 11.2 Å². The molecule has 0 fully saturated rings. The van der Waals surface area contributed by atoms with Crippen LogP contribution < -0.4 is 4.74 Å². The van der Waals surface area contributed by atoms with E-state index >= 15 is 0 Å². The van der Waals surface area contributed by atoms with Gasteiger partial charge < -0.3 is 9.47 Å². The molecule has 0 aliphatic heterocycles. The molecule has 0 radical (unpaired) electrons. The Morgan fingerprint density at radius 1 is 1.56 bits per heavy atom. The number of terminal acetylenes is 1. The van der Waals surface area contributed by atoms with Crippen LogP contribution in [0.15, 0.2) is 18.2 Å². The van der Waals surface area contributed by atoms with E-state index in [2.05, 4.69) is 10.7 Å². The zero-order valence-electron chi connectivity index (χ0n) is 9.71. The number of rotatable bonds is 5. The third kappa shape index (κ3) is 3.22. The molecule has 0 atom stereocenters. The van der Waals surface area contributed by atoms with Gasteiger partial charge in [-0.2, -0.15) is 0 Å². The number of hydrogen-bond acceptors (Lipinski definition) is 5. The maximum atomic E-state index is 11.3. The minimum absolute atomic E-state index is 0.00171. The van der Waals surface area contributed by atoms with Gasteiger partial charge in [0.15, 0.2) is 5.75 Å². The van der Waals surface area contributed by atoms with E-state index in [1.54, 1.807) is 0 Å². The molecule has 0 heterocycles. The Morgan fingerprint density at radius 3 is 2.83 bits per heavy atom. The summed E-state index contributed by atoms with van der Waals surface area (Å²) >= 11 is 0. The summed E-state index contributed by atoms with van der Waals surface area (Å²) in [6.07, 6.45) is 5.37. The van der Waals surface area contributed by atoms with E-state index in [0.717, 1.165) is 0 Å². The van der Waals surface area contributed by atoms with Crippen molar-refractivity contribution in [3.05, 3.63) is 33.9 Å². The maximum absolute atomic E-state index is 11.3. The summed E-state index contributed by atoms with van der Waals surface area (Å²) in [5.74, 6) is 1.76. The van der Waals surface area contributed by atoms with Gasteiger partial charge >= 0.3 is 11.7 Å². The number of carbonyl (C=O) groups excluding carboxylic acids is 1. The average Bonchev–Trinajstić information content (AvgIpc) is 2.37. The molecule has 18 heavy (non-hydrogen) atoms. The first kappa shape index (κ1) is 13.5. The molecule has 1 aromatic rings. The molecule has 1 aromatic carbocycles. The Balaban J connectivity index is 3.04. The van der Waals surface area contributed by atoms with Crippen LogP contribution >= 0.6 is 0 Å². The minimum atomic E-state index is -0.591. The summed E-state index contributed by atoms with van der Waals surface area (Å²) in [7, 11) is 1.22. The molecule has 0 N–H and O–H groups in total. The van der Waals surface area contributed by atoms with Crippen LogP contribution in [0.25, 0.3) is 0 Å². The lowest BCUT2D eigenvalue weighted by atomic mass is 10.2. The van der Waals surface area contributed by atoms with Crippen LogP contribution in [0.3, 0.4) is 0 Å². The maximum Gasteiger partial charge on any atom is 0.337 e. The van der Waals surface area contributed by atoms with Gasteiger partial charge in [-0.3, -0.25) is 10.1 Å². The van der Waals surface area contributed by atoms with Gasteiger partial charge in [-0.15, -0.1) is 12.3 Å².